The Bertz CT molecular complexity index is 2030. The van der Waals surface area contributed by atoms with Crippen LogP contribution in [0.3, 0.4) is 0 Å². The monoisotopic (exact) mass is 692 g/mol. The molecular formula is C44H40N2O6. The first-order valence-electron chi connectivity index (χ1n) is 18.6. The molecular weight excluding hydrogens is 652 g/mol. The Morgan fingerprint density at radius 3 is 1.12 bits per heavy atom. The zero-order valence-electron chi connectivity index (χ0n) is 29.0. The molecule has 2 saturated carbocycles. The number of hydrogen-bond acceptors (Lipinski definition) is 6. The second kappa shape index (κ2) is 13.9. The van der Waals surface area contributed by atoms with Crippen LogP contribution < -0.4 is 10.6 Å². The van der Waals surface area contributed by atoms with E-state index in [4.69, 9.17) is 0 Å². The maximum atomic E-state index is 14.4. The normalized spacial score (nSPS) is 16.7. The molecule has 0 heterocycles. The van der Waals surface area contributed by atoms with Gasteiger partial charge in [-0.3, -0.25) is 28.8 Å². The van der Waals surface area contributed by atoms with Gasteiger partial charge >= 0.3 is 0 Å². The van der Waals surface area contributed by atoms with Crippen LogP contribution in [0.25, 0.3) is 11.1 Å². The second-order valence-corrected chi connectivity index (χ2v) is 14.7. The summed E-state index contributed by atoms with van der Waals surface area (Å²) < 4.78 is 0. The van der Waals surface area contributed by atoms with E-state index >= 15 is 0 Å². The predicted molar refractivity (Wildman–Crippen MR) is 198 cm³/mol. The fourth-order valence-electron chi connectivity index (χ4n) is 8.80. The van der Waals surface area contributed by atoms with Crippen LogP contribution >= 0.6 is 0 Å². The summed E-state index contributed by atoms with van der Waals surface area (Å²) in [7, 11) is 0. The lowest BCUT2D eigenvalue weighted by atomic mass is 9.75. The number of carbonyl (C=O) groups excluding carboxylic acids is 6. The van der Waals surface area contributed by atoms with E-state index < -0.39 is 23.1 Å². The fourth-order valence-corrected chi connectivity index (χ4v) is 8.80. The van der Waals surface area contributed by atoms with Crippen molar-refractivity contribution in [1.29, 1.82) is 0 Å². The number of fused-ring (bicyclic) bond motifs is 4. The largest absolute Gasteiger partial charge is 0.325 e. The zero-order chi connectivity index (χ0) is 35.9. The Morgan fingerprint density at radius 2 is 0.769 bits per heavy atom. The van der Waals surface area contributed by atoms with E-state index in [1.54, 1.807) is 72.8 Å². The molecule has 0 aliphatic heterocycles. The van der Waals surface area contributed by atoms with Crippen LogP contribution in [-0.4, -0.2) is 34.9 Å². The molecule has 0 atom stereocenters. The Labute approximate surface area is 302 Å². The molecule has 2 fully saturated rings. The lowest BCUT2D eigenvalue weighted by molar-refractivity contribution is -0.117. The van der Waals surface area contributed by atoms with Gasteiger partial charge in [-0.05, 0) is 47.9 Å². The topological polar surface area (TPSA) is 126 Å². The van der Waals surface area contributed by atoms with Gasteiger partial charge in [-0.2, -0.15) is 0 Å². The summed E-state index contributed by atoms with van der Waals surface area (Å²) in [6.45, 7) is 0. The van der Waals surface area contributed by atoms with Crippen molar-refractivity contribution in [2.24, 2.45) is 11.8 Å². The molecule has 0 radical (unpaired) electrons. The van der Waals surface area contributed by atoms with Gasteiger partial charge in [0, 0.05) is 46.2 Å². The van der Waals surface area contributed by atoms with Crippen molar-refractivity contribution in [3.63, 3.8) is 0 Å². The highest BCUT2D eigenvalue weighted by Gasteiger charge is 2.39. The van der Waals surface area contributed by atoms with Gasteiger partial charge in [0.1, 0.15) is 0 Å². The minimum Gasteiger partial charge on any atom is -0.325 e. The smallest absolute Gasteiger partial charge is 0.224 e. The molecule has 0 aromatic heterocycles. The van der Waals surface area contributed by atoms with Gasteiger partial charge in [-0.1, -0.05) is 112 Å². The second-order valence-electron chi connectivity index (χ2n) is 14.7. The zero-order valence-corrected chi connectivity index (χ0v) is 29.0. The number of anilines is 2. The lowest BCUT2D eigenvalue weighted by Gasteiger charge is -2.27. The summed E-state index contributed by atoms with van der Waals surface area (Å²) in [4.78, 5) is 83.8. The lowest BCUT2D eigenvalue weighted by Crippen LogP contribution is -2.27. The highest BCUT2D eigenvalue weighted by Crippen LogP contribution is 2.44. The van der Waals surface area contributed by atoms with E-state index in [0.29, 0.717) is 35.8 Å². The molecule has 262 valence electrons. The van der Waals surface area contributed by atoms with Crippen LogP contribution in [-0.2, 0) is 9.59 Å². The standard InChI is InChI=1S/C44H40N2O6/c47-35(23-17-25-9-1-2-10-25)45-33-21-19-27(37-39(33)43(51)31-15-7-5-13-29(31)41(37)49)28-20-22-34(46-36(48)24-18-26-11-3-4-12-26)40-38(28)42(50)30-14-6-8-16-32(30)44(40)52/h5-8,13-16,19-22,25-26H,1-4,9-12,17-18,23-24H2,(H,45,47)(H,46,48). The average molecular weight is 693 g/mol. The summed E-state index contributed by atoms with van der Waals surface area (Å²) in [6, 6.07) is 19.6. The number of carbonyl (C=O) groups is 6. The van der Waals surface area contributed by atoms with Crippen molar-refractivity contribution in [3.8, 4) is 11.1 Å². The SMILES string of the molecule is O=C(CCC1CCCC1)Nc1ccc(-c2ccc(NC(=O)CCC3CCCC3)c3c2C(=O)c2ccccc2C3=O)c2c1C(=O)c1ccccc1C2=O. The van der Waals surface area contributed by atoms with Gasteiger partial charge in [0.25, 0.3) is 0 Å². The summed E-state index contributed by atoms with van der Waals surface area (Å²) in [6.07, 6.45) is 11.3. The highest BCUT2D eigenvalue weighted by molar-refractivity contribution is 6.35. The molecule has 2 amide bonds. The maximum absolute atomic E-state index is 14.4. The number of amides is 2. The van der Waals surface area contributed by atoms with E-state index in [0.717, 1.165) is 38.5 Å². The van der Waals surface area contributed by atoms with Crippen LogP contribution in [0, 0.1) is 11.8 Å². The van der Waals surface area contributed by atoms with Crippen LogP contribution in [0.2, 0.25) is 0 Å². The van der Waals surface area contributed by atoms with Crippen LogP contribution in [0.4, 0.5) is 11.4 Å². The van der Waals surface area contributed by atoms with Gasteiger partial charge in [0.2, 0.25) is 11.8 Å². The molecule has 4 aliphatic carbocycles. The van der Waals surface area contributed by atoms with Gasteiger partial charge in [-0.15, -0.1) is 0 Å². The molecule has 0 saturated heterocycles. The number of ketones is 4. The average Bonchev–Trinajstić information content (AvgIpc) is 3.89. The first kappa shape index (κ1) is 33.6. The van der Waals surface area contributed by atoms with E-state index in [1.165, 1.54) is 25.7 Å². The molecule has 52 heavy (non-hydrogen) atoms. The van der Waals surface area contributed by atoms with Gasteiger partial charge in [0.15, 0.2) is 23.1 Å². The fraction of sp³-hybridized carbons (Fsp3) is 0.318. The van der Waals surface area contributed by atoms with Crippen LogP contribution in [0.15, 0.2) is 72.8 Å². The molecule has 0 spiro atoms. The maximum Gasteiger partial charge on any atom is 0.224 e. The highest BCUT2D eigenvalue weighted by atomic mass is 16.2. The van der Waals surface area contributed by atoms with Crippen molar-refractivity contribution in [1.82, 2.24) is 0 Å². The third-order valence-corrected chi connectivity index (χ3v) is 11.5. The summed E-state index contributed by atoms with van der Waals surface area (Å²) >= 11 is 0. The van der Waals surface area contributed by atoms with E-state index in [9.17, 15) is 28.8 Å². The minimum atomic E-state index is -0.421. The Kier molecular flexibility index (Phi) is 8.99. The molecule has 4 aliphatic rings. The number of nitrogens with one attached hydrogen (secondary N) is 2. The number of rotatable bonds is 9. The van der Waals surface area contributed by atoms with Crippen molar-refractivity contribution < 1.29 is 28.8 Å². The molecule has 4 aromatic carbocycles. The van der Waals surface area contributed by atoms with Crippen LogP contribution in [0.1, 0.15) is 141 Å². The summed E-state index contributed by atoms with van der Waals surface area (Å²) in [5, 5.41) is 5.86. The van der Waals surface area contributed by atoms with Gasteiger partial charge < -0.3 is 10.6 Å². The first-order chi connectivity index (χ1) is 25.3. The predicted octanol–water partition coefficient (Wildman–Crippen LogP) is 8.72. The molecule has 0 unspecified atom stereocenters. The van der Waals surface area contributed by atoms with E-state index in [1.807, 2.05) is 0 Å². The van der Waals surface area contributed by atoms with Gasteiger partial charge in [-0.25, -0.2) is 0 Å². The third-order valence-electron chi connectivity index (χ3n) is 11.5. The van der Waals surface area contributed by atoms with Crippen molar-refractivity contribution >= 4 is 46.3 Å². The van der Waals surface area contributed by atoms with Crippen LogP contribution in [0.5, 0.6) is 0 Å². The van der Waals surface area contributed by atoms with Crippen molar-refractivity contribution in [2.75, 3.05) is 10.6 Å². The third kappa shape index (κ3) is 6.00. The van der Waals surface area contributed by atoms with Gasteiger partial charge in [0.05, 0.1) is 22.5 Å². The molecule has 0 bridgehead atoms. The molecule has 2 N–H and O–H groups in total. The Morgan fingerprint density at radius 1 is 0.442 bits per heavy atom. The molecule has 4 aromatic rings. The molecule has 8 nitrogen and oxygen atoms in total. The number of hydrogen-bond donors (Lipinski definition) is 2. The van der Waals surface area contributed by atoms with Crippen molar-refractivity contribution in [3.05, 3.63) is 117 Å². The Balaban J connectivity index is 1.24. The quantitative estimate of drug-likeness (QED) is 0.156. The molecule has 8 heteroatoms. The van der Waals surface area contributed by atoms with E-state index in [2.05, 4.69) is 10.6 Å². The summed E-state index contributed by atoms with van der Waals surface area (Å²) in [5.41, 5.74) is 2.20. The van der Waals surface area contributed by atoms with E-state index in [-0.39, 0.29) is 67.7 Å². The number of benzene rings is 4. The summed E-state index contributed by atoms with van der Waals surface area (Å²) in [5.74, 6) is -1.11. The minimum absolute atomic E-state index is 0.0587. The first-order valence-corrected chi connectivity index (χ1v) is 18.6. The Hall–Kier alpha value is -5.50. The van der Waals surface area contributed by atoms with Crippen molar-refractivity contribution in [2.45, 2.75) is 77.0 Å². The molecule has 8 rings (SSSR count).